The molecule has 3 aromatic heterocycles. The zero-order valence-corrected chi connectivity index (χ0v) is 8.88. The molecule has 0 atom stereocenters. The van der Waals surface area contributed by atoms with Crippen LogP contribution in [0.15, 0.2) is 43.0 Å². The Kier molecular flexibility index (Phi) is 1.53. The molecule has 1 aromatic carbocycles. The van der Waals surface area contributed by atoms with Gasteiger partial charge < -0.3 is 4.98 Å². The van der Waals surface area contributed by atoms with Crippen molar-refractivity contribution in [3.8, 4) is 0 Å². The minimum absolute atomic E-state index is 0.905. The summed E-state index contributed by atoms with van der Waals surface area (Å²) in [6, 6.07) is 7.92. The molecule has 17 heavy (non-hydrogen) atoms. The Labute approximate surface area is 96.3 Å². The van der Waals surface area contributed by atoms with Crippen LogP contribution in [0.3, 0.4) is 0 Å². The summed E-state index contributed by atoms with van der Waals surface area (Å²) < 4.78 is 0. The lowest BCUT2D eigenvalue weighted by atomic mass is 10.1. The van der Waals surface area contributed by atoms with Gasteiger partial charge in [0.1, 0.15) is 0 Å². The number of aromatic amines is 1. The van der Waals surface area contributed by atoms with Gasteiger partial charge >= 0.3 is 0 Å². The first-order chi connectivity index (χ1) is 8.45. The number of nitrogens with zero attached hydrogens (tertiary/aromatic N) is 3. The summed E-state index contributed by atoms with van der Waals surface area (Å²) in [7, 11) is 0. The number of H-pyrrole nitrogens is 1. The average molecular weight is 220 g/mol. The Morgan fingerprint density at radius 3 is 2.29 bits per heavy atom. The maximum atomic E-state index is 4.43. The van der Waals surface area contributed by atoms with E-state index in [1.807, 2.05) is 24.3 Å². The first-order valence-electron chi connectivity index (χ1n) is 5.39. The van der Waals surface area contributed by atoms with Crippen molar-refractivity contribution in [2.24, 2.45) is 0 Å². The fraction of sp³-hybridized carbons (Fsp3) is 0. The Balaban J connectivity index is 2.48. The van der Waals surface area contributed by atoms with E-state index in [0.29, 0.717) is 0 Å². The molecule has 0 spiro atoms. The molecule has 80 valence electrons. The molecule has 4 heteroatoms. The third-order valence-electron chi connectivity index (χ3n) is 3.00. The van der Waals surface area contributed by atoms with Gasteiger partial charge in [0, 0.05) is 23.2 Å². The van der Waals surface area contributed by atoms with Crippen LogP contribution in [0.2, 0.25) is 0 Å². The fourth-order valence-corrected chi connectivity index (χ4v) is 2.28. The van der Waals surface area contributed by atoms with Crippen LogP contribution in [0.4, 0.5) is 0 Å². The Morgan fingerprint density at radius 1 is 0.765 bits per heavy atom. The van der Waals surface area contributed by atoms with E-state index in [1.54, 1.807) is 18.7 Å². The summed E-state index contributed by atoms with van der Waals surface area (Å²) in [5.41, 5.74) is 3.80. The Hall–Kier alpha value is -2.49. The van der Waals surface area contributed by atoms with Crippen LogP contribution in [0.25, 0.3) is 32.8 Å². The van der Waals surface area contributed by atoms with Gasteiger partial charge in [-0.05, 0) is 24.3 Å². The molecule has 1 N–H and O–H groups in total. The van der Waals surface area contributed by atoms with Crippen LogP contribution in [0, 0.1) is 0 Å². The maximum absolute atomic E-state index is 4.43. The predicted octanol–water partition coefficient (Wildman–Crippen LogP) is 2.66. The largest absolute Gasteiger partial charge is 0.344 e. The molecule has 0 saturated carbocycles. The number of hydrogen-bond donors (Lipinski definition) is 1. The van der Waals surface area contributed by atoms with E-state index in [0.717, 1.165) is 32.8 Å². The zero-order valence-electron chi connectivity index (χ0n) is 8.88. The second-order valence-electron chi connectivity index (χ2n) is 3.93. The zero-order chi connectivity index (χ0) is 11.2. The monoisotopic (exact) mass is 220 g/mol. The van der Waals surface area contributed by atoms with Crippen molar-refractivity contribution in [3.05, 3.63) is 43.0 Å². The summed E-state index contributed by atoms with van der Waals surface area (Å²) >= 11 is 0. The molecule has 0 fully saturated rings. The van der Waals surface area contributed by atoms with Crippen molar-refractivity contribution in [2.75, 3.05) is 0 Å². The van der Waals surface area contributed by atoms with Crippen LogP contribution < -0.4 is 0 Å². The van der Waals surface area contributed by atoms with E-state index < -0.39 is 0 Å². The van der Waals surface area contributed by atoms with Gasteiger partial charge in [0.05, 0.1) is 28.4 Å². The molecule has 4 rings (SSSR count). The minimum Gasteiger partial charge on any atom is -0.344 e. The van der Waals surface area contributed by atoms with Gasteiger partial charge in [-0.1, -0.05) is 0 Å². The smallest absolute Gasteiger partial charge is 0.0987 e. The van der Waals surface area contributed by atoms with Crippen molar-refractivity contribution in [2.45, 2.75) is 0 Å². The standard InChI is InChI=1S/C13H8N4/c1-3-8-10(14-5-1)11-9(4-2-6-15-11)13-12(8)16-7-17-13/h1-7H,(H,16,17). The molecule has 3 heterocycles. The number of benzene rings is 1. The van der Waals surface area contributed by atoms with Crippen LogP contribution in [0.5, 0.6) is 0 Å². The van der Waals surface area contributed by atoms with Gasteiger partial charge in [-0.3, -0.25) is 9.97 Å². The van der Waals surface area contributed by atoms with E-state index in [2.05, 4.69) is 19.9 Å². The van der Waals surface area contributed by atoms with Gasteiger partial charge in [-0.15, -0.1) is 0 Å². The van der Waals surface area contributed by atoms with Crippen molar-refractivity contribution in [1.29, 1.82) is 0 Å². The summed E-state index contributed by atoms with van der Waals surface area (Å²) in [6.45, 7) is 0. The number of aromatic nitrogens is 4. The molecule has 0 unspecified atom stereocenters. The van der Waals surface area contributed by atoms with E-state index >= 15 is 0 Å². The Bertz CT molecular complexity index is 778. The molecule has 0 bridgehead atoms. The second-order valence-corrected chi connectivity index (χ2v) is 3.93. The third-order valence-corrected chi connectivity index (χ3v) is 3.00. The SMILES string of the molecule is c1cnc2c(c1)c1nc[nH]c1c1cccnc12. The van der Waals surface area contributed by atoms with Crippen molar-refractivity contribution in [3.63, 3.8) is 0 Å². The molecule has 0 amide bonds. The minimum atomic E-state index is 0.905. The number of imidazole rings is 1. The summed E-state index contributed by atoms with van der Waals surface area (Å²) in [5, 5.41) is 2.10. The molecule has 4 aromatic rings. The number of hydrogen-bond acceptors (Lipinski definition) is 3. The molecule has 0 aliphatic carbocycles. The van der Waals surface area contributed by atoms with Crippen LogP contribution in [-0.2, 0) is 0 Å². The highest BCUT2D eigenvalue weighted by atomic mass is 14.9. The number of fused-ring (bicyclic) bond motifs is 6. The first-order valence-corrected chi connectivity index (χ1v) is 5.39. The maximum Gasteiger partial charge on any atom is 0.0987 e. The second kappa shape index (κ2) is 3.01. The molecular weight excluding hydrogens is 212 g/mol. The topological polar surface area (TPSA) is 54.5 Å². The van der Waals surface area contributed by atoms with E-state index in [-0.39, 0.29) is 0 Å². The quantitative estimate of drug-likeness (QED) is 0.463. The van der Waals surface area contributed by atoms with Crippen LogP contribution in [-0.4, -0.2) is 19.9 Å². The highest BCUT2D eigenvalue weighted by Crippen LogP contribution is 2.29. The number of pyridine rings is 2. The Morgan fingerprint density at radius 2 is 1.47 bits per heavy atom. The first kappa shape index (κ1) is 8.64. The third kappa shape index (κ3) is 1.04. The van der Waals surface area contributed by atoms with E-state index in [1.165, 1.54) is 0 Å². The van der Waals surface area contributed by atoms with Gasteiger partial charge in [0.15, 0.2) is 0 Å². The predicted molar refractivity (Wildman–Crippen MR) is 66.7 cm³/mol. The van der Waals surface area contributed by atoms with Crippen molar-refractivity contribution >= 4 is 32.8 Å². The molecule has 0 saturated heterocycles. The highest BCUT2D eigenvalue weighted by Gasteiger charge is 2.10. The highest BCUT2D eigenvalue weighted by molar-refractivity contribution is 6.20. The molecular formula is C13H8N4. The molecule has 4 nitrogen and oxygen atoms in total. The van der Waals surface area contributed by atoms with Crippen molar-refractivity contribution < 1.29 is 0 Å². The van der Waals surface area contributed by atoms with Gasteiger partial charge in [0.25, 0.3) is 0 Å². The van der Waals surface area contributed by atoms with E-state index in [9.17, 15) is 0 Å². The van der Waals surface area contributed by atoms with Crippen LogP contribution in [0.1, 0.15) is 0 Å². The fourth-order valence-electron chi connectivity index (χ4n) is 2.28. The molecule has 0 aliphatic heterocycles. The number of nitrogens with one attached hydrogen (secondary N) is 1. The molecule has 0 aliphatic rings. The lowest BCUT2D eigenvalue weighted by Crippen LogP contribution is -1.86. The van der Waals surface area contributed by atoms with Gasteiger partial charge in [-0.25, -0.2) is 4.98 Å². The van der Waals surface area contributed by atoms with Crippen molar-refractivity contribution in [1.82, 2.24) is 19.9 Å². The lowest BCUT2D eigenvalue weighted by molar-refractivity contribution is 1.35. The van der Waals surface area contributed by atoms with E-state index in [4.69, 9.17) is 0 Å². The summed E-state index contributed by atoms with van der Waals surface area (Å²) in [6.07, 6.45) is 5.29. The number of rotatable bonds is 0. The average Bonchev–Trinajstić information content (AvgIpc) is 2.89. The van der Waals surface area contributed by atoms with Crippen LogP contribution >= 0.6 is 0 Å². The normalized spacial score (nSPS) is 11.5. The lowest BCUT2D eigenvalue weighted by Gasteiger charge is -2.03. The summed E-state index contributed by atoms with van der Waals surface area (Å²) in [5.74, 6) is 0. The van der Waals surface area contributed by atoms with Gasteiger partial charge in [-0.2, -0.15) is 0 Å². The summed E-state index contributed by atoms with van der Waals surface area (Å²) in [4.78, 5) is 16.4. The van der Waals surface area contributed by atoms with Gasteiger partial charge in [0.2, 0.25) is 0 Å². The molecule has 0 radical (unpaired) electrons.